The maximum absolute atomic E-state index is 12.2. The summed E-state index contributed by atoms with van der Waals surface area (Å²) in [7, 11) is 0. The van der Waals surface area contributed by atoms with E-state index in [1.165, 1.54) is 18.2 Å². The van der Waals surface area contributed by atoms with Crippen LogP contribution >= 0.6 is 11.6 Å². The van der Waals surface area contributed by atoms with E-state index < -0.39 is 5.97 Å². The van der Waals surface area contributed by atoms with E-state index in [0.717, 1.165) is 12.8 Å². The average molecular weight is 313 g/mol. The van der Waals surface area contributed by atoms with Crippen molar-refractivity contribution in [2.24, 2.45) is 5.92 Å². The highest BCUT2D eigenvalue weighted by atomic mass is 35.5. The molecule has 3 N–H and O–H groups in total. The Labute approximate surface area is 127 Å². The summed E-state index contributed by atoms with van der Waals surface area (Å²) in [6, 6.07) is 3.87. The summed E-state index contributed by atoms with van der Waals surface area (Å²) in [5.74, 6) is -1.01. The molecule has 0 aliphatic carbocycles. The second-order valence-electron chi connectivity index (χ2n) is 5.10. The summed E-state index contributed by atoms with van der Waals surface area (Å²) in [5.41, 5.74) is 0.362. The first kappa shape index (κ1) is 15.6. The Balaban J connectivity index is 2.07. The Hall–Kier alpha value is -1.79. The van der Waals surface area contributed by atoms with Crippen LogP contribution < -0.4 is 5.32 Å². The number of aromatic carboxylic acids is 1. The summed E-state index contributed by atoms with van der Waals surface area (Å²) in [5, 5.41) is 21.0. The topological polar surface area (TPSA) is 89.9 Å². The van der Waals surface area contributed by atoms with Crippen LogP contribution in [0.4, 0.5) is 10.5 Å². The largest absolute Gasteiger partial charge is 0.478 e. The minimum atomic E-state index is -1.11. The van der Waals surface area contributed by atoms with Gasteiger partial charge in [-0.3, -0.25) is 0 Å². The third-order valence-corrected chi connectivity index (χ3v) is 3.68. The number of halogens is 1. The number of nitrogens with one attached hydrogen (secondary N) is 1. The maximum atomic E-state index is 12.2. The maximum Gasteiger partial charge on any atom is 0.335 e. The zero-order valence-corrected chi connectivity index (χ0v) is 12.1. The lowest BCUT2D eigenvalue weighted by atomic mass is 9.99. The van der Waals surface area contributed by atoms with Gasteiger partial charge in [-0.2, -0.15) is 0 Å². The third kappa shape index (κ3) is 4.09. The van der Waals surface area contributed by atoms with E-state index in [4.69, 9.17) is 16.7 Å². The van der Waals surface area contributed by atoms with Gasteiger partial charge in [0.05, 0.1) is 5.56 Å². The standard InChI is InChI=1S/C14H17ClN2O4/c15-11-4-10(13(19)20)5-12(6-11)16-14(21)17-3-1-2-9(7-17)8-18/h4-6,9,18H,1-3,7-8H2,(H,16,21)(H,19,20). The van der Waals surface area contributed by atoms with Gasteiger partial charge in [0.15, 0.2) is 0 Å². The second kappa shape index (κ2) is 6.78. The molecule has 1 heterocycles. The van der Waals surface area contributed by atoms with Crippen LogP contribution in [-0.2, 0) is 0 Å². The van der Waals surface area contributed by atoms with Crippen molar-refractivity contribution in [1.29, 1.82) is 0 Å². The highest BCUT2D eigenvalue weighted by Crippen LogP contribution is 2.21. The van der Waals surface area contributed by atoms with Crippen LogP contribution in [0.2, 0.25) is 5.02 Å². The lowest BCUT2D eigenvalue weighted by Gasteiger charge is -2.31. The van der Waals surface area contributed by atoms with Gasteiger partial charge in [0, 0.05) is 30.4 Å². The molecule has 1 aromatic carbocycles. The highest BCUT2D eigenvalue weighted by molar-refractivity contribution is 6.31. The summed E-state index contributed by atoms with van der Waals surface area (Å²) >= 11 is 5.85. The van der Waals surface area contributed by atoms with Crippen molar-refractivity contribution in [3.8, 4) is 0 Å². The van der Waals surface area contributed by atoms with Crippen LogP contribution in [0.5, 0.6) is 0 Å². The Bertz CT molecular complexity index is 550. The molecule has 7 heteroatoms. The molecule has 1 fully saturated rings. The van der Waals surface area contributed by atoms with Gasteiger partial charge in [0.2, 0.25) is 0 Å². The molecule has 0 bridgehead atoms. The van der Waals surface area contributed by atoms with Crippen LogP contribution in [0.1, 0.15) is 23.2 Å². The van der Waals surface area contributed by atoms with E-state index in [0.29, 0.717) is 18.8 Å². The Morgan fingerprint density at radius 1 is 1.38 bits per heavy atom. The molecule has 0 radical (unpaired) electrons. The lowest BCUT2D eigenvalue weighted by Crippen LogP contribution is -2.43. The fraction of sp³-hybridized carbons (Fsp3) is 0.429. The van der Waals surface area contributed by atoms with Crippen LogP contribution in [-0.4, -0.2) is 46.8 Å². The number of carboxylic acids is 1. The Morgan fingerprint density at radius 3 is 2.81 bits per heavy atom. The molecule has 0 spiro atoms. The van der Waals surface area contributed by atoms with Crippen molar-refractivity contribution in [3.05, 3.63) is 28.8 Å². The SMILES string of the molecule is O=C(O)c1cc(Cl)cc(NC(=O)N2CCCC(CO)C2)c1. The number of hydrogen-bond acceptors (Lipinski definition) is 3. The molecule has 21 heavy (non-hydrogen) atoms. The lowest BCUT2D eigenvalue weighted by molar-refractivity contribution is 0.0697. The Morgan fingerprint density at radius 2 is 2.14 bits per heavy atom. The van der Waals surface area contributed by atoms with Gasteiger partial charge in [-0.15, -0.1) is 0 Å². The smallest absolute Gasteiger partial charge is 0.335 e. The zero-order valence-electron chi connectivity index (χ0n) is 11.4. The Kier molecular flexibility index (Phi) is 5.03. The average Bonchev–Trinajstić information content (AvgIpc) is 2.46. The molecule has 2 rings (SSSR count). The van der Waals surface area contributed by atoms with Crippen molar-refractivity contribution in [3.63, 3.8) is 0 Å². The van der Waals surface area contributed by atoms with Crippen molar-refractivity contribution in [2.45, 2.75) is 12.8 Å². The number of carbonyl (C=O) groups excluding carboxylic acids is 1. The van der Waals surface area contributed by atoms with Gasteiger partial charge in [-0.05, 0) is 37.0 Å². The van der Waals surface area contributed by atoms with Crippen molar-refractivity contribution < 1.29 is 19.8 Å². The number of aliphatic hydroxyl groups is 1. The number of nitrogens with zero attached hydrogens (tertiary/aromatic N) is 1. The molecule has 1 atom stereocenters. The molecule has 0 aromatic heterocycles. The predicted octanol–water partition coefficient (Wildman–Crippen LogP) is 2.27. The third-order valence-electron chi connectivity index (χ3n) is 3.46. The van der Waals surface area contributed by atoms with E-state index >= 15 is 0 Å². The van der Waals surface area contributed by atoms with Crippen molar-refractivity contribution in [2.75, 3.05) is 25.0 Å². The first-order valence-corrected chi connectivity index (χ1v) is 7.08. The number of urea groups is 1. The molecule has 2 amide bonds. The summed E-state index contributed by atoms with van der Waals surface area (Å²) in [6.07, 6.45) is 1.75. The molecule has 1 aliphatic rings. The van der Waals surface area contributed by atoms with Crippen LogP contribution in [0.25, 0.3) is 0 Å². The van der Waals surface area contributed by atoms with Gasteiger partial charge < -0.3 is 20.4 Å². The molecule has 1 aromatic rings. The number of amides is 2. The van der Waals surface area contributed by atoms with Crippen LogP contribution in [0, 0.1) is 5.92 Å². The molecule has 114 valence electrons. The number of benzene rings is 1. The van der Waals surface area contributed by atoms with Crippen molar-refractivity contribution >= 4 is 29.3 Å². The van der Waals surface area contributed by atoms with E-state index in [2.05, 4.69) is 5.32 Å². The van der Waals surface area contributed by atoms with Crippen LogP contribution in [0.3, 0.4) is 0 Å². The molecule has 1 unspecified atom stereocenters. The number of anilines is 1. The molecule has 6 nitrogen and oxygen atoms in total. The van der Waals surface area contributed by atoms with Gasteiger partial charge in [0.1, 0.15) is 0 Å². The molecule has 1 saturated heterocycles. The predicted molar refractivity (Wildman–Crippen MR) is 78.8 cm³/mol. The van der Waals surface area contributed by atoms with E-state index in [1.807, 2.05) is 0 Å². The molecule has 1 aliphatic heterocycles. The number of piperidine rings is 1. The van der Waals surface area contributed by atoms with Gasteiger partial charge in [-0.25, -0.2) is 9.59 Å². The number of rotatable bonds is 3. The first-order valence-electron chi connectivity index (χ1n) is 6.70. The minimum Gasteiger partial charge on any atom is -0.478 e. The van der Waals surface area contributed by atoms with Crippen molar-refractivity contribution in [1.82, 2.24) is 4.90 Å². The van der Waals surface area contributed by atoms with E-state index in [1.54, 1.807) is 4.90 Å². The van der Waals surface area contributed by atoms with E-state index in [9.17, 15) is 14.7 Å². The zero-order chi connectivity index (χ0) is 15.4. The van der Waals surface area contributed by atoms with Gasteiger partial charge >= 0.3 is 12.0 Å². The second-order valence-corrected chi connectivity index (χ2v) is 5.54. The number of hydrogen-bond donors (Lipinski definition) is 3. The number of carbonyl (C=O) groups is 2. The summed E-state index contributed by atoms with van der Waals surface area (Å²) in [4.78, 5) is 24.7. The normalized spacial score (nSPS) is 18.4. The fourth-order valence-corrected chi connectivity index (χ4v) is 2.62. The fourth-order valence-electron chi connectivity index (χ4n) is 2.39. The monoisotopic (exact) mass is 312 g/mol. The highest BCUT2D eigenvalue weighted by Gasteiger charge is 2.23. The van der Waals surface area contributed by atoms with E-state index in [-0.39, 0.29) is 29.1 Å². The van der Waals surface area contributed by atoms with Gasteiger partial charge in [0.25, 0.3) is 0 Å². The number of carboxylic acid groups (broad SMARTS) is 1. The molecular weight excluding hydrogens is 296 g/mol. The summed E-state index contributed by atoms with van der Waals surface area (Å²) in [6.45, 7) is 1.17. The first-order chi connectivity index (χ1) is 9.99. The molecule has 0 saturated carbocycles. The quantitative estimate of drug-likeness (QED) is 0.798. The number of likely N-dealkylation sites (tertiary alicyclic amines) is 1. The van der Waals surface area contributed by atoms with Gasteiger partial charge in [-0.1, -0.05) is 11.6 Å². The summed E-state index contributed by atoms with van der Waals surface area (Å²) < 4.78 is 0. The molecular formula is C14H17ClN2O4. The minimum absolute atomic E-state index is 0.0182. The van der Waals surface area contributed by atoms with Crippen LogP contribution in [0.15, 0.2) is 18.2 Å². The number of aliphatic hydroxyl groups excluding tert-OH is 1.